The summed E-state index contributed by atoms with van der Waals surface area (Å²) in [6.07, 6.45) is 6.81. The molecule has 0 bridgehead atoms. The van der Waals surface area contributed by atoms with Gasteiger partial charge in [0.1, 0.15) is 5.69 Å². The van der Waals surface area contributed by atoms with Crippen LogP contribution in [0.1, 0.15) is 56.1 Å². The van der Waals surface area contributed by atoms with E-state index >= 15 is 0 Å². The average molecular weight is 354 g/mol. The molecule has 0 radical (unpaired) electrons. The Morgan fingerprint density at radius 1 is 1.52 bits per heavy atom. The first-order valence-corrected chi connectivity index (χ1v) is 8.65. The number of amides is 1. The highest BCUT2D eigenvalue weighted by Gasteiger charge is 2.33. The van der Waals surface area contributed by atoms with Crippen LogP contribution in [0.2, 0.25) is 0 Å². The Morgan fingerprint density at radius 3 is 2.95 bits per heavy atom. The summed E-state index contributed by atoms with van der Waals surface area (Å²) in [5.74, 6) is 0.0378. The monoisotopic (exact) mass is 353 g/mol. The lowest BCUT2D eigenvalue weighted by atomic mass is 9.77. The standard InChI is InChI=1S/C16H24BrN3O/c1-16(2)6-3-7-18-14(16)9-19-15(21)13-8-11(17)10-20(13)12-4-5-12/h8,10,12,14,18H,3-7,9H2,1-2H3,(H,19,21). The van der Waals surface area contributed by atoms with Crippen molar-refractivity contribution in [3.8, 4) is 0 Å². The molecule has 2 fully saturated rings. The average Bonchev–Trinajstić information content (AvgIpc) is 3.19. The molecular weight excluding hydrogens is 330 g/mol. The van der Waals surface area contributed by atoms with Gasteiger partial charge in [-0.25, -0.2) is 0 Å². The molecule has 0 spiro atoms. The van der Waals surface area contributed by atoms with E-state index in [9.17, 15) is 4.79 Å². The van der Waals surface area contributed by atoms with E-state index in [2.05, 4.69) is 45.0 Å². The fraction of sp³-hybridized carbons (Fsp3) is 0.688. The van der Waals surface area contributed by atoms with E-state index in [0.717, 1.165) is 16.7 Å². The highest BCUT2D eigenvalue weighted by atomic mass is 79.9. The number of hydrogen-bond donors (Lipinski definition) is 2. The molecule has 116 valence electrons. The van der Waals surface area contributed by atoms with Crippen LogP contribution in [0.4, 0.5) is 0 Å². The minimum absolute atomic E-state index is 0.0378. The molecule has 4 nitrogen and oxygen atoms in total. The van der Waals surface area contributed by atoms with Gasteiger partial charge in [0.2, 0.25) is 0 Å². The summed E-state index contributed by atoms with van der Waals surface area (Å²) in [7, 11) is 0. The molecule has 1 unspecified atom stereocenters. The number of rotatable bonds is 4. The van der Waals surface area contributed by atoms with Gasteiger partial charge in [0.15, 0.2) is 0 Å². The first kappa shape index (κ1) is 15.1. The number of hydrogen-bond acceptors (Lipinski definition) is 2. The number of piperidine rings is 1. The van der Waals surface area contributed by atoms with Gasteiger partial charge < -0.3 is 15.2 Å². The van der Waals surface area contributed by atoms with Crippen LogP contribution in [-0.2, 0) is 0 Å². The molecule has 1 aliphatic heterocycles. The highest BCUT2D eigenvalue weighted by molar-refractivity contribution is 9.10. The predicted molar refractivity (Wildman–Crippen MR) is 87.5 cm³/mol. The van der Waals surface area contributed by atoms with Crippen molar-refractivity contribution in [2.24, 2.45) is 5.41 Å². The highest BCUT2D eigenvalue weighted by Crippen LogP contribution is 2.37. The number of halogens is 1. The number of nitrogens with zero attached hydrogens (tertiary/aromatic N) is 1. The molecule has 2 N–H and O–H groups in total. The van der Waals surface area contributed by atoms with E-state index in [1.54, 1.807) is 0 Å². The number of carbonyl (C=O) groups is 1. The van der Waals surface area contributed by atoms with Crippen LogP contribution in [0, 0.1) is 5.41 Å². The van der Waals surface area contributed by atoms with Crippen molar-refractivity contribution < 1.29 is 4.79 Å². The number of nitrogens with one attached hydrogen (secondary N) is 2. The largest absolute Gasteiger partial charge is 0.349 e. The van der Waals surface area contributed by atoms with Gasteiger partial charge in [0, 0.05) is 29.3 Å². The number of aromatic nitrogens is 1. The Kier molecular flexibility index (Phi) is 4.14. The maximum atomic E-state index is 12.5. The van der Waals surface area contributed by atoms with Crippen LogP contribution in [0.5, 0.6) is 0 Å². The van der Waals surface area contributed by atoms with E-state index in [4.69, 9.17) is 0 Å². The quantitative estimate of drug-likeness (QED) is 0.873. The summed E-state index contributed by atoms with van der Waals surface area (Å²) in [6.45, 7) is 6.30. The van der Waals surface area contributed by atoms with Gasteiger partial charge in [-0.1, -0.05) is 13.8 Å². The van der Waals surface area contributed by atoms with Crippen LogP contribution < -0.4 is 10.6 Å². The van der Waals surface area contributed by atoms with Gasteiger partial charge in [0.25, 0.3) is 5.91 Å². The van der Waals surface area contributed by atoms with Crippen LogP contribution in [-0.4, -0.2) is 29.6 Å². The van der Waals surface area contributed by atoms with Gasteiger partial charge in [0.05, 0.1) is 0 Å². The van der Waals surface area contributed by atoms with E-state index in [0.29, 0.717) is 18.6 Å². The molecule has 1 amide bonds. The van der Waals surface area contributed by atoms with Crippen molar-refractivity contribution in [2.45, 2.75) is 51.6 Å². The van der Waals surface area contributed by atoms with Crippen molar-refractivity contribution in [1.29, 1.82) is 0 Å². The SMILES string of the molecule is CC1(C)CCCNC1CNC(=O)c1cc(Br)cn1C1CC1. The first-order valence-electron chi connectivity index (χ1n) is 7.86. The van der Waals surface area contributed by atoms with E-state index in [1.165, 1.54) is 25.7 Å². The van der Waals surface area contributed by atoms with Gasteiger partial charge in [-0.3, -0.25) is 4.79 Å². The molecule has 3 rings (SSSR count). The van der Waals surface area contributed by atoms with Crippen LogP contribution in [0.3, 0.4) is 0 Å². The third-order valence-corrected chi connectivity index (χ3v) is 5.22. The zero-order valence-electron chi connectivity index (χ0n) is 12.8. The molecule has 1 atom stereocenters. The Morgan fingerprint density at radius 2 is 2.29 bits per heavy atom. The summed E-state index contributed by atoms with van der Waals surface area (Å²) in [5, 5.41) is 6.66. The molecule has 5 heteroatoms. The fourth-order valence-electron chi connectivity index (χ4n) is 3.19. The molecule has 21 heavy (non-hydrogen) atoms. The summed E-state index contributed by atoms with van der Waals surface area (Å²) in [4.78, 5) is 12.5. The normalized spacial score (nSPS) is 24.8. The summed E-state index contributed by atoms with van der Waals surface area (Å²) in [5.41, 5.74) is 1.02. The van der Waals surface area contributed by atoms with Crippen LogP contribution in [0.25, 0.3) is 0 Å². The van der Waals surface area contributed by atoms with Crippen molar-refractivity contribution in [2.75, 3.05) is 13.1 Å². The predicted octanol–water partition coefficient (Wildman–Crippen LogP) is 3.09. The van der Waals surface area contributed by atoms with E-state index in [-0.39, 0.29) is 11.3 Å². The van der Waals surface area contributed by atoms with Crippen molar-refractivity contribution in [1.82, 2.24) is 15.2 Å². The Hall–Kier alpha value is -0.810. The van der Waals surface area contributed by atoms with Crippen LogP contribution in [0.15, 0.2) is 16.7 Å². The lowest BCUT2D eigenvalue weighted by Gasteiger charge is -2.39. The summed E-state index contributed by atoms with van der Waals surface area (Å²) < 4.78 is 3.09. The van der Waals surface area contributed by atoms with Gasteiger partial charge in [-0.05, 0) is 59.6 Å². The Balaban J connectivity index is 1.64. The Labute approximate surface area is 134 Å². The molecule has 0 aromatic carbocycles. The second-order valence-electron chi connectivity index (χ2n) is 6.99. The minimum Gasteiger partial charge on any atom is -0.349 e. The topological polar surface area (TPSA) is 46.1 Å². The van der Waals surface area contributed by atoms with Gasteiger partial charge >= 0.3 is 0 Å². The minimum atomic E-state index is 0.0378. The molecule has 1 saturated heterocycles. The fourth-order valence-corrected chi connectivity index (χ4v) is 3.62. The second kappa shape index (κ2) is 5.76. The molecule has 2 heterocycles. The molecule has 2 aliphatic rings. The molecule has 1 aromatic heterocycles. The maximum absolute atomic E-state index is 12.5. The maximum Gasteiger partial charge on any atom is 0.268 e. The molecule has 1 saturated carbocycles. The molecular formula is C16H24BrN3O. The smallest absolute Gasteiger partial charge is 0.268 e. The van der Waals surface area contributed by atoms with E-state index in [1.807, 2.05) is 12.3 Å². The third-order valence-electron chi connectivity index (χ3n) is 4.79. The third kappa shape index (κ3) is 3.34. The zero-order chi connectivity index (χ0) is 15.0. The zero-order valence-corrected chi connectivity index (χ0v) is 14.4. The first-order chi connectivity index (χ1) is 9.97. The number of carbonyl (C=O) groups excluding carboxylic acids is 1. The van der Waals surface area contributed by atoms with Crippen molar-refractivity contribution >= 4 is 21.8 Å². The van der Waals surface area contributed by atoms with Crippen molar-refractivity contribution in [3.63, 3.8) is 0 Å². The van der Waals surface area contributed by atoms with Crippen LogP contribution >= 0.6 is 15.9 Å². The summed E-state index contributed by atoms with van der Waals surface area (Å²) >= 11 is 3.48. The lowest BCUT2D eigenvalue weighted by Crippen LogP contribution is -2.52. The molecule has 1 aliphatic carbocycles. The summed E-state index contributed by atoms with van der Waals surface area (Å²) in [6, 6.07) is 2.79. The van der Waals surface area contributed by atoms with E-state index < -0.39 is 0 Å². The van der Waals surface area contributed by atoms with Crippen molar-refractivity contribution in [3.05, 3.63) is 22.4 Å². The Bertz CT molecular complexity index is 534. The lowest BCUT2D eigenvalue weighted by molar-refractivity contribution is 0.0919. The second-order valence-corrected chi connectivity index (χ2v) is 7.91. The molecule has 1 aromatic rings. The van der Waals surface area contributed by atoms with Gasteiger partial charge in [-0.15, -0.1) is 0 Å². The van der Waals surface area contributed by atoms with Gasteiger partial charge in [-0.2, -0.15) is 0 Å².